The van der Waals surface area contributed by atoms with E-state index in [-0.39, 0.29) is 18.1 Å². The average molecular weight is 253 g/mol. The third kappa shape index (κ3) is 3.45. The lowest BCUT2D eigenvalue weighted by molar-refractivity contribution is 0.187. The van der Waals surface area contributed by atoms with E-state index in [1.54, 1.807) is 15.8 Å². The lowest BCUT2D eigenvalue weighted by Crippen LogP contribution is -2.43. The van der Waals surface area contributed by atoms with Gasteiger partial charge in [0, 0.05) is 20.1 Å². The second kappa shape index (κ2) is 6.37. The van der Waals surface area contributed by atoms with Crippen molar-refractivity contribution in [1.29, 1.82) is 0 Å². The second-order valence-corrected chi connectivity index (χ2v) is 4.72. The van der Waals surface area contributed by atoms with E-state index in [2.05, 4.69) is 29.4 Å². The zero-order valence-electron chi connectivity index (χ0n) is 11.8. The summed E-state index contributed by atoms with van der Waals surface area (Å²) in [6, 6.07) is 0.00872. The maximum atomic E-state index is 12.0. The van der Waals surface area contributed by atoms with Crippen LogP contribution in [0.25, 0.3) is 0 Å². The smallest absolute Gasteiger partial charge is 0.317 e. The number of hydrogen-bond donors (Lipinski definition) is 1. The van der Waals surface area contributed by atoms with Gasteiger partial charge >= 0.3 is 6.03 Å². The van der Waals surface area contributed by atoms with Gasteiger partial charge in [0.05, 0.1) is 6.04 Å². The van der Waals surface area contributed by atoms with Crippen molar-refractivity contribution in [2.24, 2.45) is 7.05 Å². The van der Waals surface area contributed by atoms with Gasteiger partial charge in [-0.15, -0.1) is 10.2 Å². The molecule has 0 aromatic carbocycles. The number of nitrogens with one attached hydrogen (secondary N) is 1. The number of nitrogens with zero attached hydrogens (tertiary/aromatic N) is 4. The molecular weight excluding hydrogens is 230 g/mol. The van der Waals surface area contributed by atoms with E-state index in [9.17, 15) is 4.79 Å². The van der Waals surface area contributed by atoms with Gasteiger partial charge in [-0.2, -0.15) is 0 Å². The molecule has 0 bridgehead atoms. The molecule has 2 atom stereocenters. The Hall–Kier alpha value is -1.59. The Labute approximate surface area is 108 Å². The number of amides is 2. The fraction of sp³-hybridized carbons (Fsp3) is 0.750. The molecule has 0 saturated carbocycles. The largest absolute Gasteiger partial charge is 0.328 e. The van der Waals surface area contributed by atoms with Gasteiger partial charge in [-0.1, -0.05) is 13.3 Å². The molecule has 1 heterocycles. The minimum absolute atomic E-state index is 0.0774. The Bertz CT molecular complexity index is 390. The fourth-order valence-electron chi connectivity index (χ4n) is 1.85. The van der Waals surface area contributed by atoms with Crippen LogP contribution >= 0.6 is 0 Å². The van der Waals surface area contributed by atoms with Crippen LogP contribution in [0.1, 0.15) is 45.5 Å². The molecule has 102 valence electrons. The van der Waals surface area contributed by atoms with E-state index >= 15 is 0 Å². The van der Waals surface area contributed by atoms with Crippen molar-refractivity contribution >= 4 is 6.03 Å². The van der Waals surface area contributed by atoms with Gasteiger partial charge in [-0.3, -0.25) is 0 Å². The molecule has 1 aromatic rings. The van der Waals surface area contributed by atoms with E-state index in [1.807, 2.05) is 21.0 Å². The monoisotopic (exact) mass is 253 g/mol. The Kier molecular flexibility index (Phi) is 5.12. The van der Waals surface area contributed by atoms with Crippen molar-refractivity contribution in [3.05, 3.63) is 12.2 Å². The molecule has 0 fully saturated rings. The first-order valence-corrected chi connectivity index (χ1v) is 6.34. The fourth-order valence-corrected chi connectivity index (χ4v) is 1.85. The Morgan fingerprint density at radius 3 is 2.72 bits per heavy atom. The number of aryl methyl sites for hydroxylation is 1. The molecule has 1 rings (SSSR count). The zero-order chi connectivity index (χ0) is 13.7. The molecule has 0 radical (unpaired) electrons. The van der Waals surface area contributed by atoms with E-state index < -0.39 is 0 Å². The minimum Gasteiger partial charge on any atom is -0.328 e. The summed E-state index contributed by atoms with van der Waals surface area (Å²) in [4.78, 5) is 13.8. The summed E-state index contributed by atoms with van der Waals surface area (Å²) in [5.41, 5.74) is 0. The van der Waals surface area contributed by atoms with E-state index in [4.69, 9.17) is 0 Å². The van der Waals surface area contributed by atoms with Gasteiger partial charge in [0.1, 0.15) is 6.33 Å². The Morgan fingerprint density at radius 2 is 2.22 bits per heavy atom. The number of hydrogen-bond acceptors (Lipinski definition) is 3. The molecule has 0 aliphatic carbocycles. The molecule has 6 nitrogen and oxygen atoms in total. The maximum Gasteiger partial charge on any atom is 0.317 e. The zero-order valence-corrected chi connectivity index (χ0v) is 11.8. The maximum absolute atomic E-state index is 12.0. The highest BCUT2D eigenvalue weighted by Gasteiger charge is 2.19. The molecule has 18 heavy (non-hydrogen) atoms. The molecule has 6 heteroatoms. The molecule has 2 unspecified atom stereocenters. The van der Waals surface area contributed by atoms with E-state index in [1.165, 1.54) is 0 Å². The normalized spacial score (nSPS) is 14.1. The predicted molar refractivity (Wildman–Crippen MR) is 70.1 cm³/mol. The van der Waals surface area contributed by atoms with Crippen molar-refractivity contribution in [2.45, 2.75) is 45.7 Å². The predicted octanol–water partition coefficient (Wildman–Crippen LogP) is 1.71. The first kappa shape index (κ1) is 14.5. The summed E-state index contributed by atoms with van der Waals surface area (Å²) in [6.45, 7) is 6.07. The van der Waals surface area contributed by atoms with Gasteiger partial charge in [-0.05, 0) is 20.3 Å². The van der Waals surface area contributed by atoms with Crippen molar-refractivity contribution in [3.63, 3.8) is 0 Å². The van der Waals surface area contributed by atoms with Crippen LogP contribution in [0.2, 0.25) is 0 Å². The van der Waals surface area contributed by atoms with E-state index in [0.717, 1.165) is 18.7 Å². The van der Waals surface area contributed by atoms with Crippen molar-refractivity contribution in [2.75, 3.05) is 7.05 Å². The van der Waals surface area contributed by atoms with Crippen LogP contribution in [-0.2, 0) is 7.05 Å². The third-order valence-corrected chi connectivity index (χ3v) is 3.16. The van der Waals surface area contributed by atoms with Gasteiger partial charge < -0.3 is 14.8 Å². The first-order valence-electron chi connectivity index (χ1n) is 6.34. The standard InChI is InChI=1S/C12H23N5O/c1-6-7-9(2)17(5)12(18)14-10(3)11-15-13-8-16(11)4/h8-10H,6-7H2,1-5H3,(H,14,18). The third-order valence-electron chi connectivity index (χ3n) is 3.16. The van der Waals surface area contributed by atoms with Gasteiger partial charge in [-0.25, -0.2) is 4.79 Å². The first-order chi connectivity index (χ1) is 8.47. The Balaban J connectivity index is 2.57. The summed E-state index contributed by atoms with van der Waals surface area (Å²) < 4.78 is 1.81. The number of carbonyl (C=O) groups excluding carboxylic acids is 1. The van der Waals surface area contributed by atoms with Gasteiger partial charge in [0.25, 0.3) is 0 Å². The molecule has 1 N–H and O–H groups in total. The number of aromatic nitrogens is 3. The summed E-state index contributed by atoms with van der Waals surface area (Å²) in [5, 5.41) is 10.7. The van der Waals surface area contributed by atoms with Crippen molar-refractivity contribution in [3.8, 4) is 0 Å². The van der Waals surface area contributed by atoms with Gasteiger partial charge in [0.15, 0.2) is 5.82 Å². The average Bonchev–Trinajstić information content (AvgIpc) is 2.74. The molecule has 0 aliphatic rings. The highest BCUT2D eigenvalue weighted by atomic mass is 16.2. The molecule has 0 spiro atoms. The lowest BCUT2D eigenvalue weighted by atomic mass is 10.2. The summed E-state index contributed by atoms with van der Waals surface area (Å²) in [5.74, 6) is 0.750. The van der Waals surface area contributed by atoms with Crippen LogP contribution in [-0.4, -0.2) is 38.8 Å². The lowest BCUT2D eigenvalue weighted by Gasteiger charge is -2.26. The molecule has 0 aliphatic heterocycles. The highest BCUT2D eigenvalue weighted by molar-refractivity contribution is 5.74. The number of rotatable bonds is 5. The second-order valence-electron chi connectivity index (χ2n) is 4.72. The van der Waals surface area contributed by atoms with Crippen molar-refractivity contribution < 1.29 is 4.79 Å². The van der Waals surface area contributed by atoms with Gasteiger partial charge in [0.2, 0.25) is 0 Å². The van der Waals surface area contributed by atoms with Crippen LogP contribution in [0.3, 0.4) is 0 Å². The Morgan fingerprint density at radius 1 is 1.56 bits per heavy atom. The summed E-state index contributed by atoms with van der Waals surface area (Å²) in [6.07, 6.45) is 3.70. The molecule has 0 saturated heterocycles. The summed E-state index contributed by atoms with van der Waals surface area (Å²) >= 11 is 0. The molecule has 2 amide bonds. The highest BCUT2D eigenvalue weighted by Crippen LogP contribution is 2.09. The quantitative estimate of drug-likeness (QED) is 0.868. The van der Waals surface area contributed by atoms with Crippen LogP contribution in [0, 0.1) is 0 Å². The van der Waals surface area contributed by atoms with Crippen LogP contribution in [0.5, 0.6) is 0 Å². The van der Waals surface area contributed by atoms with Crippen LogP contribution in [0.4, 0.5) is 4.79 Å². The van der Waals surface area contributed by atoms with Crippen LogP contribution < -0.4 is 5.32 Å². The molecular formula is C12H23N5O. The SMILES string of the molecule is CCCC(C)N(C)C(=O)NC(C)c1nncn1C. The van der Waals surface area contributed by atoms with Crippen LogP contribution in [0.15, 0.2) is 6.33 Å². The van der Waals surface area contributed by atoms with E-state index in [0.29, 0.717) is 0 Å². The number of carbonyl (C=O) groups is 1. The summed E-state index contributed by atoms with van der Waals surface area (Å²) in [7, 11) is 3.68. The minimum atomic E-state index is -0.152. The van der Waals surface area contributed by atoms with Crippen molar-refractivity contribution in [1.82, 2.24) is 25.0 Å². The number of urea groups is 1. The molecule has 1 aromatic heterocycles. The topological polar surface area (TPSA) is 63.1 Å².